The molecule has 0 aliphatic carbocycles. The third-order valence-electron chi connectivity index (χ3n) is 2.04. The normalized spacial score (nSPS) is 9.71. The Bertz CT molecular complexity index is 335. The molecule has 0 aliphatic heterocycles. The van der Waals surface area contributed by atoms with Crippen molar-refractivity contribution in [3.63, 3.8) is 0 Å². The monoisotopic (exact) mass is 192 g/mol. The van der Waals surface area contributed by atoms with Crippen molar-refractivity contribution in [3.05, 3.63) is 28.8 Å². The first-order chi connectivity index (χ1) is 6.50. The van der Waals surface area contributed by atoms with Gasteiger partial charge < -0.3 is 0 Å². The molecule has 0 fully saturated rings. The molecule has 0 saturated carbocycles. The molecule has 0 aromatic heterocycles. The van der Waals surface area contributed by atoms with Crippen molar-refractivity contribution in [3.8, 4) is 0 Å². The Balaban J connectivity index is 2.91. The van der Waals surface area contributed by atoms with Crippen molar-refractivity contribution >= 4 is 11.6 Å². The van der Waals surface area contributed by atoms with E-state index in [2.05, 4.69) is 29.9 Å². The number of aryl methyl sites for hydroxylation is 3. The number of hydrazine groups is 1. The number of benzene rings is 1. The van der Waals surface area contributed by atoms with E-state index in [0.717, 1.165) is 16.8 Å². The summed E-state index contributed by atoms with van der Waals surface area (Å²) in [6.45, 7) is 7.57. The van der Waals surface area contributed by atoms with E-state index < -0.39 is 0 Å². The van der Waals surface area contributed by atoms with Crippen LogP contribution in [0.25, 0.3) is 0 Å². The fourth-order valence-corrected chi connectivity index (χ4v) is 1.53. The molecule has 1 rings (SSSR count). The van der Waals surface area contributed by atoms with Crippen molar-refractivity contribution in [2.75, 3.05) is 5.43 Å². The average molecular weight is 192 g/mol. The first-order valence-corrected chi connectivity index (χ1v) is 4.61. The maximum Gasteiger partial charge on any atom is 0.235 e. The number of rotatable bonds is 2. The van der Waals surface area contributed by atoms with E-state index >= 15 is 0 Å². The third-order valence-corrected chi connectivity index (χ3v) is 2.04. The number of hydrogen-bond acceptors (Lipinski definition) is 2. The Kier molecular flexibility index (Phi) is 3.12. The lowest BCUT2D eigenvalue weighted by atomic mass is 10.1. The highest BCUT2D eigenvalue weighted by Gasteiger charge is 2.02. The number of carbonyl (C=O) groups excluding carboxylic acids is 1. The quantitative estimate of drug-likeness (QED) is 0.704. The van der Waals surface area contributed by atoms with Gasteiger partial charge in [0, 0.05) is 6.92 Å². The number of carbonyl (C=O) groups is 1. The number of hydrogen-bond donors (Lipinski definition) is 2. The van der Waals surface area contributed by atoms with Crippen LogP contribution in [-0.4, -0.2) is 5.91 Å². The van der Waals surface area contributed by atoms with E-state index in [1.165, 1.54) is 12.5 Å². The van der Waals surface area contributed by atoms with Crippen LogP contribution >= 0.6 is 0 Å². The maximum atomic E-state index is 10.7. The Morgan fingerprint density at radius 2 is 1.64 bits per heavy atom. The van der Waals surface area contributed by atoms with Gasteiger partial charge in [-0.3, -0.25) is 15.6 Å². The van der Waals surface area contributed by atoms with Gasteiger partial charge in [-0.25, -0.2) is 0 Å². The molecule has 0 atom stereocenters. The van der Waals surface area contributed by atoms with Crippen LogP contribution in [0.15, 0.2) is 12.1 Å². The van der Waals surface area contributed by atoms with Gasteiger partial charge in [-0.05, 0) is 31.9 Å². The Hall–Kier alpha value is -1.51. The van der Waals surface area contributed by atoms with Crippen molar-refractivity contribution in [1.29, 1.82) is 0 Å². The van der Waals surface area contributed by atoms with Gasteiger partial charge in [0.05, 0.1) is 5.69 Å². The van der Waals surface area contributed by atoms with Crippen LogP contribution < -0.4 is 10.9 Å². The summed E-state index contributed by atoms with van der Waals surface area (Å²) >= 11 is 0. The topological polar surface area (TPSA) is 41.1 Å². The lowest BCUT2D eigenvalue weighted by Gasteiger charge is -2.13. The maximum absolute atomic E-state index is 10.7. The van der Waals surface area contributed by atoms with Gasteiger partial charge in [0.25, 0.3) is 0 Å². The van der Waals surface area contributed by atoms with E-state index in [-0.39, 0.29) is 5.91 Å². The lowest BCUT2D eigenvalue weighted by molar-refractivity contribution is -0.118. The lowest BCUT2D eigenvalue weighted by Crippen LogP contribution is -2.27. The number of anilines is 1. The summed E-state index contributed by atoms with van der Waals surface area (Å²) in [5.74, 6) is -0.0932. The smallest absolute Gasteiger partial charge is 0.235 e. The van der Waals surface area contributed by atoms with E-state index in [0.29, 0.717) is 0 Å². The van der Waals surface area contributed by atoms with Crippen LogP contribution in [-0.2, 0) is 4.79 Å². The van der Waals surface area contributed by atoms with Gasteiger partial charge in [0.1, 0.15) is 0 Å². The average Bonchev–Trinajstić information content (AvgIpc) is 2.01. The van der Waals surface area contributed by atoms with Gasteiger partial charge in [-0.15, -0.1) is 0 Å². The Labute approximate surface area is 84.5 Å². The molecule has 0 aliphatic rings. The molecule has 1 aromatic rings. The molecule has 1 amide bonds. The molecule has 0 bridgehead atoms. The Morgan fingerprint density at radius 3 is 2.07 bits per heavy atom. The van der Waals surface area contributed by atoms with E-state index in [4.69, 9.17) is 0 Å². The summed E-state index contributed by atoms with van der Waals surface area (Å²) in [5.41, 5.74) is 9.96. The fourth-order valence-electron chi connectivity index (χ4n) is 1.53. The van der Waals surface area contributed by atoms with E-state index in [1.807, 2.05) is 13.8 Å². The zero-order valence-corrected chi connectivity index (χ0v) is 9.06. The van der Waals surface area contributed by atoms with Crippen molar-refractivity contribution < 1.29 is 4.79 Å². The van der Waals surface area contributed by atoms with Gasteiger partial charge >= 0.3 is 0 Å². The fraction of sp³-hybridized carbons (Fsp3) is 0.364. The van der Waals surface area contributed by atoms with Crippen molar-refractivity contribution in [1.82, 2.24) is 5.43 Å². The number of nitrogens with one attached hydrogen (secondary N) is 2. The summed E-state index contributed by atoms with van der Waals surface area (Å²) in [6.07, 6.45) is 0. The predicted octanol–water partition coefficient (Wildman–Crippen LogP) is 2.07. The molecular weight excluding hydrogens is 176 g/mol. The second-order valence-electron chi connectivity index (χ2n) is 3.58. The second kappa shape index (κ2) is 4.13. The first-order valence-electron chi connectivity index (χ1n) is 4.61. The molecule has 0 radical (unpaired) electrons. The molecule has 0 saturated heterocycles. The minimum atomic E-state index is -0.0932. The Morgan fingerprint density at radius 1 is 1.14 bits per heavy atom. The molecule has 76 valence electrons. The molecule has 3 heteroatoms. The highest BCUT2D eigenvalue weighted by Crippen LogP contribution is 2.20. The highest BCUT2D eigenvalue weighted by atomic mass is 16.2. The molecule has 0 heterocycles. The van der Waals surface area contributed by atoms with Crippen LogP contribution in [0.3, 0.4) is 0 Å². The third kappa shape index (κ3) is 2.49. The molecule has 1 aromatic carbocycles. The van der Waals surface area contributed by atoms with Gasteiger partial charge in [0.2, 0.25) is 5.91 Å². The molecular formula is C11H16N2O. The second-order valence-corrected chi connectivity index (χ2v) is 3.58. The summed E-state index contributed by atoms with van der Waals surface area (Å²) in [5, 5.41) is 0. The van der Waals surface area contributed by atoms with Gasteiger partial charge in [0.15, 0.2) is 0 Å². The molecule has 0 spiro atoms. The van der Waals surface area contributed by atoms with Crippen molar-refractivity contribution in [2.45, 2.75) is 27.7 Å². The minimum Gasteiger partial charge on any atom is -0.298 e. The minimum absolute atomic E-state index is 0.0932. The largest absolute Gasteiger partial charge is 0.298 e. The highest BCUT2D eigenvalue weighted by molar-refractivity contribution is 5.75. The zero-order chi connectivity index (χ0) is 10.7. The van der Waals surface area contributed by atoms with Crippen LogP contribution in [0.2, 0.25) is 0 Å². The number of amides is 1. The van der Waals surface area contributed by atoms with Crippen LogP contribution in [0.1, 0.15) is 23.6 Å². The first kappa shape index (κ1) is 10.6. The van der Waals surface area contributed by atoms with Gasteiger partial charge in [-0.2, -0.15) is 0 Å². The summed E-state index contributed by atoms with van der Waals surface area (Å²) < 4.78 is 0. The van der Waals surface area contributed by atoms with Crippen LogP contribution in [0.5, 0.6) is 0 Å². The SMILES string of the molecule is CC(=O)NNc1c(C)cc(C)cc1C. The van der Waals surface area contributed by atoms with E-state index in [9.17, 15) is 4.79 Å². The predicted molar refractivity (Wildman–Crippen MR) is 58.1 cm³/mol. The summed E-state index contributed by atoms with van der Waals surface area (Å²) in [4.78, 5) is 10.7. The summed E-state index contributed by atoms with van der Waals surface area (Å²) in [7, 11) is 0. The molecule has 0 unspecified atom stereocenters. The summed E-state index contributed by atoms with van der Waals surface area (Å²) in [6, 6.07) is 4.16. The molecule has 14 heavy (non-hydrogen) atoms. The zero-order valence-electron chi connectivity index (χ0n) is 9.06. The van der Waals surface area contributed by atoms with Crippen LogP contribution in [0.4, 0.5) is 5.69 Å². The standard InChI is InChI=1S/C11H16N2O/c1-7-5-8(2)11(9(3)6-7)13-12-10(4)14/h5-6,13H,1-4H3,(H,12,14). The van der Waals surface area contributed by atoms with Crippen LogP contribution in [0, 0.1) is 20.8 Å². The molecule has 2 N–H and O–H groups in total. The van der Waals surface area contributed by atoms with Gasteiger partial charge in [-0.1, -0.05) is 17.7 Å². The molecule has 3 nitrogen and oxygen atoms in total. The van der Waals surface area contributed by atoms with E-state index in [1.54, 1.807) is 0 Å². The van der Waals surface area contributed by atoms with Crippen molar-refractivity contribution in [2.24, 2.45) is 0 Å².